The number of aliphatic imine (C=N–C) groups is 1. The van der Waals surface area contributed by atoms with Gasteiger partial charge in [0, 0.05) is 27.2 Å². The summed E-state index contributed by atoms with van der Waals surface area (Å²) in [5.74, 6) is -0.558. The van der Waals surface area contributed by atoms with Crippen molar-refractivity contribution in [3.8, 4) is 5.88 Å². The molecule has 1 N–H and O–H groups in total. The van der Waals surface area contributed by atoms with E-state index in [0.29, 0.717) is 32.0 Å². The van der Waals surface area contributed by atoms with Gasteiger partial charge in [0.05, 0.1) is 24.7 Å². The van der Waals surface area contributed by atoms with Gasteiger partial charge in [0.15, 0.2) is 0 Å². The van der Waals surface area contributed by atoms with Crippen LogP contribution < -0.4 is 11.2 Å². The van der Waals surface area contributed by atoms with Crippen LogP contribution in [0, 0.1) is 6.92 Å². The number of rotatable bonds is 4. The molecule has 1 amide bonds. The van der Waals surface area contributed by atoms with Crippen molar-refractivity contribution >= 4 is 28.4 Å². The van der Waals surface area contributed by atoms with E-state index in [9.17, 15) is 19.5 Å². The molecule has 1 aromatic carbocycles. The molecular weight excluding hydrogens is 408 g/mol. The number of hydrogen-bond acceptors (Lipinski definition) is 7. The molecule has 1 aliphatic heterocycles. The second kappa shape index (κ2) is 9.31. The van der Waals surface area contributed by atoms with Crippen LogP contribution in [0.1, 0.15) is 11.1 Å². The maximum absolute atomic E-state index is 12.8. The second-order valence-corrected chi connectivity index (χ2v) is 7.90. The van der Waals surface area contributed by atoms with Crippen LogP contribution in [0.4, 0.5) is 5.69 Å². The summed E-state index contributed by atoms with van der Waals surface area (Å²) in [5, 5.41) is 10.7. The van der Waals surface area contributed by atoms with Crippen LogP contribution in [0.5, 0.6) is 5.88 Å². The van der Waals surface area contributed by atoms with Crippen molar-refractivity contribution < 1.29 is 14.6 Å². The molecule has 2 heterocycles. The van der Waals surface area contributed by atoms with Crippen LogP contribution in [-0.2, 0) is 23.6 Å². The van der Waals surface area contributed by atoms with Crippen LogP contribution in [0.15, 0.2) is 38.8 Å². The first-order chi connectivity index (χ1) is 14.3. The van der Waals surface area contributed by atoms with Gasteiger partial charge in [-0.1, -0.05) is 29.5 Å². The number of aryl methyl sites for hydroxylation is 1. The Morgan fingerprint density at radius 1 is 1.13 bits per heavy atom. The standard InChI is InChI=1S/C20H24N4O5S/c1-13-4-6-14(7-5-13)21-17(30-12-15(25)24-8-10-29-11-9-24)16-18(26)22(2)20(28)23(3)19(16)27/h4-7,26H,8-12H2,1-3H3. The van der Waals surface area contributed by atoms with Gasteiger partial charge in [-0.05, 0) is 19.1 Å². The SMILES string of the molecule is Cc1ccc(N=C(SCC(=O)N2CCOCC2)c2c(O)n(C)c(=O)n(C)c2=O)cc1. The number of nitrogens with zero attached hydrogens (tertiary/aromatic N) is 4. The van der Waals surface area contributed by atoms with Gasteiger partial charge in [0.1, 0.15) is 10.6 Å². The number of morpholine rings is 1. The second-order valence-electron chi connectivity index (χ2n) is 6.94. The van der Waals surface area contributed by atoms with E-state index in [4.69, 9.17) is 4.74 Å². The predicted octanol–water partition coefficient (Wildman–Crippen LogP) is 0.768. The van der Waals surface area contributed by atoms with Gasteiger partial charge in [0.2, 0.25) is 11.8 Å². The van der Waals surface area contributed by atoms with Crippen molar-refractivity contribution in [2.24, 2.45) is 19.1 Å². The highest BCUT2D eigenvalue weighted by atomic mass is 32.2. The summed E-state index contributed by atoms with van der Waals surface area (Å²) in [4.78, 5) is 43.7. The van der Waals surface area contributed by atoms with Crippen molar-refractivity contribution in [3.05, 3.63) is 56.2 Å². The molecule has 0 aliphatic carbocycles. The number of thioether (sulfide) groups is 1. The quantitative estimate of drug-likeness (QED) is 0.565. The van der Waals surface area contributed by atoms with Crippen molar-refractivity contribution in [2.75, 3.05) is 32.1 Å². The summed E-state index contributed by atoms with van der Waals surface area (Å²) in [6, 6.07) is 7.31. The summed E-state index contributed by atoms with van der Waals surface area (Å²) < 4.78 is 7.15. The van der Waals surface area contributed by atoms with Gasteiger partial charge < -0.3 is 14.7 Å². The minimum atomic E-state index is -0.673. The van der Waals surface area contributed by atoms with E-state index in [1.165, 1.54) is 14.1 Å². The van der Waals surface area contributed by atoms with Crippen LogP contribution in [0.3, 0.4) is 0 Å². The molecule has 0 spiro atoms. The lowest BCUT2D eigenvalue weighted by Crippen LogP contribution is -2.42. The average molecular weight is 433 g/mol. The molecule has 1 fully saturated rings. The predicted molar refractivity (Wildman–Crippen MR) is 116 cm³/mol. The number of carbonyl (C=O) groups is 1. The number of benzene rings is 1. The highest BCUT2D eigenvalue weighted by Crippen LogP contribution is 2.23. The van der Waals surface area contributed by atoms with Gasteiger partial charge >= 0.3 is 5.69 Å². The average Bonchev–Trinajstić information content (AvgIpc) is 2.76. The van der Waals surface area contributed by atoms with E-state index in [-0.39, 0.29) is 22.3 Å². The number of hydrogen-bond donors (Lipinski definition) is 1. The largest absolute Gasteiger partial charge is 0.494 e. The molecule has 0 atom stereocenters. The van der Waals surface area contributed by atoms with Crippen molar-refractivity contribution in [2.45, 2.75) is 6.92 Å². The van der Waals surface area contributed by atoms with Gasteiger partial charge in [0.25, 0.3) is 5.56 Å². The van der Waals surface area contributed by atoms with Crippen LogP contribution in [0.2, 0.25) is 0 Å². The third-order valence-corrected chi connectivity index (χ3v) is 5.77. The third kappa shape index (κ3) is 4.65. The molecule has 160 valence electrons. The fraction of sp³-hybridized carbons (Fsp3) is 0.400. The van der Waals surface area contributed by atoms with E-state index in [2.05, 4.69) is 4.99 Å². The molecule has 0 saturated carbocycles. The zero-order chi connectivity index (χ0) is 21.8. The Bertz CT molecular complexity index is 1080. The van der Waals surface area contributed by atoms with E-state index >= 15 is 0 Å². The Labute approximate surface area is 177 Å². The number of aromatic hydroxyl groups is 1. The van der Waals surface area contributed by atoms with Crippen LogP contribution in [-0.4, -0.2) is 62.1 Å². The number of aromatic nitrogens is 2. The maximum atomic E-state index is 12.8. The zero-order valence-electron chi connectivity index (χ0n) is 17.1. The van der Waals surface area contributed by atoms with Gasteiger partial charge in [-0.2, -0.15) is 0 Å². The first kappa shape index (κ1) is 21.8. The van der Waals surface area contributed by atoms with Crippen LogP contribution >= 0.6 is 11.8 Å². The Balaban J connectivity index is 2.00. The molecule has 0 radical (unpaired) electrons. The number of ether oxygens (including phenoxy) is 1. The smallest absolute Gasteiger partial charge is 0.333 e. The lowest BCUT2D eigenvalue weighted by Gasteiger charge is -2.26. The first-order valence-corrected chi connectivity index (χ1v) is 10.4. The molecule has 1 saturated heterocycles. The molecule has 1 aromatic heterocycles. The molecule has 9 nitrogen and oxygen atoms in total. The lowest BCUT2D eigenvalue weighted by atomic mass is 10.2. The Hall–Kier alpha value is -2.85. The van der Waals surface area contributed by atoms with Crippen LogP contribution in [0.25, 0.3) is 0 Å². The molecule has 30 heavy (non-hydrogen) atoms. The van der Waals surface area contributed by atoms with E-state index in [0.717, 1.165) is 26.5 Å². The van der Waals surface area contributed by atoms with Crippen molar-refractivity contribution in [3.63, 3.8) is 0 Å². The first-order valence-electron chi connectivity index (χ1n) is 9.42. The highest BCUT2D eigenvalue weighted by Gasteiger charge is 2.23. The third-order valence-electron chi connectivity index (χ3n) is 4.81. The maximum Gasteiger partial charge on any atom is 0.333 e. The highest BCUT2D eigenvalue weighted by molar-refractivity contribution is 8.15. The van der Waals surface area contributed by atoms with Crippen molar-refractivity contribution in [1.29, 1.82) is 0 Å². The lowest BCUT2D eigenvalue weighted by molar-refractivity contribution is -0.132. The van der Waals surface area contributed by atoms with Gasteiger partial charge in [-0.15, -0.1) is 0 Å². The van der Waals surface area contributed by atoms with Gasteiger partial charge in [-0.3, -0.25) is 18.7 Å². The molecule has 0 bridgehead atoms. The minimum absolute atomic E-state index is 0.0378. The fourth-order valence-corrected chi connectivity index (χ4v) is 3.89. The van der Waals surface area contributed by atoms with E-state index in [1.54, 1.807) is 17.0 Å². The molecule has 0 unspecified atom stereocenters. The molecule has 10 heteroatoms. The summed E-state index contributed by atoms with van der Waals surface area (Å²) in [7, 11) is 2.70. The van der Waals surface area contributed by atoms with E-state index in [1.807, 2.05) is 19.1 Å². The summed E-state index contributed by atoms with van der Waals surface area (Å²) in [6.45, 7) is 3.94. The zero-order valence-corrected chi connectivity index (χ0v) is 17.9. The normalized spacial score (nSPS) is 14.8. The minimum Gasteiger partial charge on any atom is -0.494 e. The monoisotopic (exact) mass is 432 g/mol. The van der Waals surface area contributed by atoms with Crippen molar-refractivity contribution in [1.82, 2.24) is 14.0 Å². The van der Waals surface area contributed by atoms with E-state index < -0.39 is 17.1 Å². The Kier molecular flexibility index (Phi) is 6.78. The molecule has 2 aromatic rings. The van der Waals surface area contributed by atoms with Gasteiger partial charge in [-0.25, -0.2) is 9.79 Å². The molecular formula is C20H24N4O5S. The molecule has 1 aliphatic rings. The number of amides is 1. The number of carbonyl (C=O) groups excluding carboxylic acids is 1. The summed E-state index contributed by atoms with van der Waals surface area (Å²) >= 11 is 1.06. The fourth-order valence-electron chi connectivity index (χ4n) is 2.95. The summed E-state index contributed by atoms with van der Waals surface area (Å²) in [5.41, 5.74) is 0.182. The Morgan fingerprint density at radius 2 is 1.77 bits per heavy atom. The molecule has 3 rings (SSSR count). The summed E-state index contributed by atoms with van der Waals surface area (Å²) in [6.07, 6.45) is 0. The Morgan fingerprint density at radius 3 is 2.40 bits per heavy atom. The topological polar surface area (TPSA) is 106 Å².